The van der Waals surface area contributed by atoms with E-state index in [0.29, 0.717) is 12.2 Å². The number of carbonyl (C=O) groups is 2. The highest BCUT2D eigenvalue weighted by atomic mass is 19.1. The second-order valence-electron chi connectivity index (χ2n) is 8.45. The number of hydrogen-bond donors (Lipinski definition) is 2. The van der Waals surface area contributed by atoms with E-state index in [0.717, 1.165) is 16.7 Å². The standard InChI is InChI=1S/C26H24FN3O3/c27-20-12-10-18(11-13-20)17-6-8-19(9-7-17)25-22-14-29(15-24(32)30(22)23(25)16-31)26(33)28-21-4-2-1-3-5-21/h1-13,22-23,25,31H,14-16H2,(H,28,33)/t22-,23+,25-/m1/s1. The number of halogens is 1. The molecule has 0 radical (unpaired) electrons. The topological polar surface area (TPSA) is 72.9 Å². The van der Waals surface area contributed by atoms with E-state index >= 15 is 0 Å². The summed E-state index contributed by atoms with van der Waals surface area (Å²) < 4.78 is 13.2. The number of aliphatic hydroxyl groups excluding tert-OH is 1. The summed E-state index contributed by atoms with van der Waals surface area (Å²) in [6, 6.07) is 22.5. The Morgan fingerprint density at radius 1 is 0.970 bits per heavy atom. The average Bonchev–Trinajstić information content (AvgIpc) is 2.82. The maximum absolute atomic E-state index is 13.2. The number of amides is 3. The third-order valence-corrected chi connectivity index (χ3v) is 6.54. The molecular weight excluding hydrogens is 421 g/mol. The maximum atomic E-state index is 13.2. The number of nitrogens with one attached hydrogen (secondary N) is 1. The highest BCUT2D eigenvalue weighted by molar-refractivity contribution is 5.93. The molecule has 3 aromatic rings. The molecule has 3 atom stereocenters. The van der Waals surface area contributed by atoms with Crippen molar-refractivity contribution in [1.82, 2.24) is 9.80 Å². The molecule has 2 saturated heterocycles. The van der Waals surface area contributed by atoms with Gasteiger partial charge in [0.05, 0.1) is 18.7 Å². The lowest BCUT2D eigenvalue weighted by molar-refractivity contribution is -0.159. The summed E-state index contributed by atoms with van der Waals surface area (Å²) in [4.78, 5) is 28.8. The van der Waals surface area contributed by atoms with Crippen LogP contribution in [0.2, 0.25) is 0 Å². The lowest BCUT2D eigenvalue weighted by atomic mass is 9.73. The molecule has 168 valence electrons. The lowest BCUT2D eigenvalue weighted by Crippen LogP contribution is -2.73. The summed E-state index contributed by atoms with van der Waals surface area (Å²) in [7, 11) is 0. The second kappa shape index (κ2) is 8.67. The van der Waals surface area contributed by atoms with Gasteiger partial charge in [0, 0.05) is 18.2 Å². The zero-order valence-electron chi connectivity index (χ0n) is 17.9. The van der Waals surface area contributed by atoms with Gasteiger partial charge in [-0.3, -0.25) is 4.79 Å². The van der Waals surface area contributed by atoms with Gasteiger partial charge < -0.3 is 20.2 Å². The van der Waals surface area contributed by atoms with Crippen LogP contribution in [-0.4, -0.2) is 58.6 Å². The van der Waals surface area contributed by atoms with Gasteiger partial charge in [-0.2, -0.15) is 0 Å². The van der Waals surface area contributed by atoms with Gasteiger partial charge >= 0.3 is 6.03 Å². The first kappa shape index (κ1) is 21.2. The predicted octanol–water partition coefficient (Wildman–Crippen LogP) is 3.70. The van der Waals surface area contributed by atoms with Gasteiger partial charge in [-0.05, 0) is 41.0 Å². The Balaban J connectivity index is 1.34. The molecule has 2 aliphatic heterocycles. The predicted molar refractivity (Wildman–Crippen MR) is 123 cm³/mol. The number of carbonyl (C=O) groups excluding carboxylic acids is 2. The largest absolute Gasteiger partial charge is 0.394 e. The number of fused-ring (bicyclic) bond motifs is 1. The maximum Gasteiger partial charge on any atom is 0.322 e. The molecule has 0 bridgehead atoms. The Hall–Kier alpha value is -3.71. The lowest BCUT2D eigenvalue weighted by Gasteiger charge is -2.58. The molecular formula is C26H24FN3O3. The number of nitrogens with zero attached hydrogens (tertiary/aromatic N) is 2. The monoisotopic (exact) mass is 445 g/mol. The molecule has 5 rings (SSSR count). The Kier molecular flexibility index (Phi) is 5.56. The van der Waals surface area contributed by atoms with Crippen LogP contribution in [0.5, 0.6) is 0 Å². The zero-order valence-corrected chi connectivity index (χ0v) is 17.9. The van der Waals surface area contributed by atoms with E-state index in [1.807, 2.05) is 42.5 Å². The van der Waals surface area contributed by atoms with Crippen molar-refractivity contribution < 1.29 is 19.1 Å². The molecule has 2 heterocycles. The Labute approximate surface area is 191 Å². The molecule has 0 unspecified atom stereocenters. The number of anilines is 1. The molecule has 0 spiro atoms. The average molecular weight is 445 g/mol. The molecule has 6 nitrogen and oxygen atoms in total. The van der Waals surface area contributed by atoms with Crippen LogP contribution < -0.4 is 5.32 Å². The summed E-state index contributed by atoms with van der Waals surface area (Å²) in [5, 5.41) is 12.8. The first-order chi connectivity index (χ1) is 16.0. The number of rotatable bonds is 4. The Morgan fingerprint density at radius 2 is 1.61 bits per heavy atom. The van der Waals surface area contributed by atoms with Crippen molar-refractivity contribution in [3.8, 4) is 11.1 Å². The number of benzene rings is 3. The zero-order chi connectivity index (χ0) is 22.9. The third-order valence-electron chi connectivity index (χ3n) is 6.54. The van der Waals surface area contributed by atoms with E-state index in [1.54, 1.807) is 29.2 Å². The van der Waals surface area contributed by atoms with Gasteiger partial charge in [0.15, 0.2) is 0 Å². The number of aliphatic hydroxyl groups is 1. The fourth-order valence-corrected chi connectivity index (χ4v) is 4.92. The van der Waals surface area contributed by atoms with Crippen LogP contribution in [0.1, 0.15) is 11.5 Å². The summed E-state index contributed by atoms with van der Waals surface area (Å²) in [5.74, 6) is -0.514. The molecule has 2 N–H and O–H groups in total. The second-order valence-corrected chi connectivity index (χ2v) is 8.45. The van der Waals surface area contributed by atoms with E-state index in [2.05, 4.69) is 5.32 Å². The van der Waals surface area contributed by atoms with Crippen molar-refractivity contribution in [2.45, 2.75) is 18.0 Å². The van der Waals surface area contributed by atoms with Crippen molar-refractivity contribution in [3.05, 3.63) is 90.2 Å². The molecule has 7 heteroatoms. The van der Waals surface area contributed by atoms with Crippen LogP contribution in [0.3, 0.4) is 0 Å². The van der Waals surface area contributed by atoms with Crippen molar-refractivity contribution in [2.24, 2.45) is 0 Å². The van der Waals surface area contributed by atoms with Crippen LogP contribution in [-0.2, 0) is 4.79 Å². The summed E-state index contributed by atoms with van der Waals surface area (Å²) in [6.07, 6.45) is 0. The Bertz CT molecular complexity index is 1150. The molecule has 0 aromatic heterocycles. The van der Waals surface area contributed by atoms with Gasteiger partial charge in [0.25, 0.3) is 0 Å². The van der Waals surface area contributed by atoms with Gasteiger partial charge in [-0.15, -0.1) is 0 Å². The van der Waals surface area contributed by atoms with E-state index < -0.39 is 0 Å². The van der Waals surface area contributed by atoms with Crippen LogP contribution in [0.25, 0.3) is 11.1 Å². The van der Waals surface area contributed by atoms with Crippen molar-refractivity contribution in [1.29, 1.82) is 0 Å². The molecule has 0 aliphatic carbocycles. The van der Waals surface area contributed by atoms with E-state index in [4.69, 9.17) is 0 Å². The van der Waals surface area contributed by atoms with Crippen LogP contribution >= 0.6 is 0 Å². The quantitative estimate of drug-likeness (QED) is 0.643. The molecule has 33 heavy (non-hydrogen) atoms. The van der Waals surface area contributed by atoms with Gasteiger partial charge in [-0.1, -0.05) is 54.6 Å². The molecule has 2 aliphatic rings. The van der Waals surface area contributed by atoms with Gasteiger partial charge in [0.1, 0.15) is 12.4 Å². The van der Waals surface area contributed by atoms with Gasteiger partial charge in [0.2, 0.25) is 5.91 Å². The smallest absolute Gasteiger partial charge is 0.322 e. The SMILES string of the molecule is O=C(Nc1ccccc1)N1CC(=O)N2[C@H](C1)[C@@H](c1ccc(-c3ccc(F)cc3)cc1)[C@@H]2CO. The highest BCUT2D eigenvalue weighted by Crippen LogP contribution is 2.43. The minimum Gasteiger partial charge on any atom is -0.394 e. The summed E-state index contributed by atoms with van der Waals surface area (Å²) >= 11 is 0. The summed E-state index contributed by atoms with van der Waals surface area (Å²) in [6.45, 7) is 0.246. The van der Waals surface area contributed by atoms with Gasteiger partial charge in [-0.25, -0.2) is 9.18 Å². The first-order valence-corrected chi connectivity index (χ1v) is 10.9. The molecule has 2 fully saturated rings. The van der Waals surface area contributed by atoms with Crippen LogP contribution in [0.4, 0.5) is 14.9 Å². The van der Waals surface area contributed by atoms with Crippen molar-refractivity contribution in [3.63, 3.8) is 0 Å². The molecule has 0 saturated carbocycles. The van der Waals surface area contributed by atoms with E-state index in [-0.39, 0.29) is 48.9 Å². The fraction of sp³-hybridized carbons (Fsp3) is 0.231. The first-order valence-electron chi connectivity index (χ1n) is 10.9. The van der Waals surface area contributed by atoms with Crippen LogP contribution in [0.15, 0.2) is 78.9 Å². The van der Waals surface area contributed by atoms with Crippen LogP contribution in [0, 0.1) is 5.82 Å². The Morgan fingerprint density at radius 3 is 2.24 bits per heavy atom. The minimum atomic E-state index is -0.313. The summed E-state index contributed by atoms with van der Waals surface area (Å²) in [5.41, 5.74) is 3.54. The number of piperazine rings is 1. The fourth-order valence-electron chi connectivity index (χ4n) is 4.92. The number of hydrogen-bond acceptors (Lipinski definition) is 3. The van der Waals surface area contributed by atoms with Crippen molar-refractivity contribution in [2.75, 3.05) is 25.0 Å². The molecule has 3 aromatic carbocycles. The van der Waals surface area contributed by atoms with Crippen molar-refractivity contribution >= 4 is 17.6 Å². The number of urea groups is 1. The normalized spacial score (nSPS) is 21.9. The third kappa shape index (κ3) is 3.96. The minimum absolute atomic E-state index is 0.0120. The molecule has 3 amide bonds. The van der Waals surface area contributed by atoms with E-state index in [1.165, 1.54) is 17.0 Å². The highest BCUT2D eigenvalue weighted by Gasteiger charge is 2.54. The van der Waals surface area contributed by atoms with E-state index in [9.17, 15) is 19.1 Å². The number of para-hydroxylation sites is 1.